The van der Waals surface area contributed by atoms with E-state index in [4.69, 9.17) is 40.2 Å². The maximum Gasteiger partial charge on any atom is 0.129 e. The van der Waals surface area contributed by atoms with Crippen molar-refractivity contribution in [3.63, 3.8) is 0 Å². The predicted octanol–water partition coefficient (Wildman–Crippen LogP) is 4.79. The number of ether oxygens (including phenoxy) is 1. The summed E-state index contributed by atoms with van der Waals surface area (Å²) in [5.74, 6) is 0.670. The van der Waals surface area contributed by atoms with Crippen LogP contribution in [0.2, 0.25) is 10.0 Å². The lowest BCUT2D eigenvalue weighted by molar-refractivity contribution is 0.414. The molecule has 0 saturated carbocycles. The lowest BCUT2D eigenvalue weighted by atomic mass is 10.2. The maximum atomic E-state index is 5.98. The first-order chi connectivity index (χ1) is 9.10. The van der Waals surface area contributed by atoms with E-state index in [9.17, 15) is 0 Å². The van der Waals surface area contributed by atoms with Crippen LogP contribution in [0.5, 0.6) is 5.75 Å². The summed E-state index contributed by atoms with van der Waals surface area (Å²) >= 11 is 17.3. The van der Waals surface area contributed by atoms with Gasteiger partial charge in [0.25, 0.3) is 0 Å². The van der Waals surface area contributed by atoms with Gasteiger partial charge >= 0.3 is 0 Å². The van der Waals surface area contributed by atoms with Crippen molar-refractivity contribution in [2.45, 2.75) is 0 Å². The Morgan fingerprint density at radius 1 is 1.11 bits per heavy atom. The van der Waals surface area contributed by atoms with Gasteiger partial charge in [-0.05, 0) is 36.4 Å². The Morgan fingerprint density at radius 2 is 1.84 bits per heavy atom. The number of rotatable bonds is 3. The van der Waals surface area contributed by atoms with E-state index in [2.05, 4.69) is 5.32 Å². The summed E-state index contributed by atoms with van der Waals surface area (Å²) < 4.78 is 5.27. The molecule has 2 aromatic carbocycles. The molecule has 0 aliphatic heterocycles. The van der Waals surface area contributed by atoms with Crippen molar-refractivity contribution in [1.82, 2.24) is 0 Å². The summed E-state index contributed by atoms with van der Waals surface area (Å²) in [6, 6.07) is 12.6. The van der Waals surface area contributed by atoms with E-state index in [0.717, 1.165) is 11.3 Å². The lowest BCUT2D eigenvalue weighted by Crippen LogP contribution is -2.11. The van der Waals surface area contributed by atoms with Crippen LogP contribution in [0, 0.1) is 0 Å². The number of hydrogen-bond acceptors (Lipinski definition) is 2. The highest BCUT2D eigenvalue weighted by Gasteiger charge is 2.09. The van der Waals surface area contributed by atoms with E-state index in [1.165, 1.54) is 0 Å². The second-order valence-corrected chi connectivity index (χ2v) is 5.09. The number of benzene rings is 2. The van der Waals surface area contributed by atoms with Crippen molar-refractivity contribution in [3.05, 3.63) is 58.1 Å². The first-order valence-electron chi connectivity index (χ1n) is 5.50. The Labute approximate surface area is 127 Å². The predicted molar refractivity (Wildman–Crippen MR) is 84.8 cm³/mol. The van der Waals surface area contributed by atoms with Crippen LogP contribution in [0.1, 0.15) is 5.56 Å². The average molecular weight is 312 g/mol. The molecule has 0 aromatic heterocycles. The topological polar surface area (TPSA) is 21.3 Å². The molecule has 0 spiro atoms. The second-order valence-electron chi connectivity index (χ2n) is 3.81. The third-order valence-electron chi connectivity index (χ3n) is 2.49. The summed E-state index contributed by atoms with van der Waals surface area (Å²) in [6.45, 7) is 0. The van der Waals surface area contributed by atoms with Crippen LogP contribution in [-0.4, -0.2) is 12.1 Å². The number of halogens is 2. The minimum absolute atomic E-state index is 0.529. The van der Waals surface area contributed by atoms with Crippen molar-refractivity contribution in [2.75, 3.05) is 12.4 Å². The summed E-state index contributed by atoms with van der Waals surface area (Å²) in [6.07, 6.45) is 0. The van der Waals surface area contributed by atoms with Gasteiger partial charge in [-0.1, -0.05) is 41.5 Å². The molecule has 0 unspecified atom stereocenters. The van der Waals surface area contributed by atoms with Crippen molar-refractivity contribution < 1.29 is 4.74 Å². The Morgan fingerprint density at radius 3 is 2.53 bits per heavy atom. The fraction of sp³-hybridized carbons (Fsp3) is 0.0714. The summed E-state index contributed by atoms with van der Waals surface area (Å²) in [5.41, 5.74) is 1.56. The highest BCUT2D eigenvalue weighted by atomic mass is 35.5. The van der Waals surface area contributed by atoms with E-state index in [-0.39, 0.29) is 0 Å². The molecule has 98 valence electrons. The third-order valence-corrected chi connectivity index (χ3v) is 3.28. The highest BCUT2D eigenvalue weighted by molar-refractivity contribution is 7.81. The van der Waals surface area contributed by atoms with Crippen molar-refractivity contribution in [2.24, 2.45) is 0 Å². The van der Waals surface area contributed by atoms with E-state index in [1.54, 1.807) is 37.4 Å². The summed E-state index contributed by atoms with van der Waals surface area (Å²) in [5, 5.41) is 4.36. The number of anilines is 1. The zero-order chi connectivity index (χ0) is 13.8. The van der Waals surface area contributed by atoms with Crippen LogP contribution in [0.3, 0.4) is 0 Å². The molecule has 2 nitrogen and oxygen atoms in total. The third kappa shape index (κ3) is 3.60. The van der Waals surface area contributed by atoms with Crippen LogP contribution in [0.25, 0.3) is 0 Å². The van der Waals surface area contributed by atoms with E-state index in [0.29, 0.717) is 20.8 Å². The van der Waals surface area contributed by atoms with E-state index in [1.807, 2.05) is 12.1 Å². The first kappa shape index (κ1) is 14.1. The van der Waals surface area contributed by atoms with E-state index < -0.39 is 0 Å². The maximum absolute atomic E-state index is 5.98. The fourth-order valence-electron chi connectivity index (χ4n) is 1.62. The molecule has 0 atom stereocenters. The van der Waals surface area contributed by atoms with Gasteiger partial charge in [0.2, 0.25) is 0 Å². The minimum atomic E-state index is 0.529. The molecule has 19 heavy (non-hydrogen) atoms. The molecule has 0 aliphatic carbocycles. The fourth-order valence-corrected chi connectivity index (χ4v) is 2.26. The summed E-state index contributed by atoms with van der Waals surface area (Å²) in [7, 11) is 1.59. The standard InChI is InChI=1S/C14H11Cl2NOS/c1-18-13-6-5-10(16)8-12(13)14(19)17-11-4-2-3-9(15)7-11/h2-8H,1H3,(H,17,19). The van der Waals surface area contributed by atoms with Crippen molar-refractivity contribution in [3.8, 4) is 5.75 Å². The molecule has 0 aliphatic rings. The molecule has 0 bridgehead atoms. The molecular formula is C14H11Cl2NOS. The quantitative estimate of drug-likeness (QED) is 0.823. The highest BCUT2D eigenvalue weighted by Crippen LogP contribution is 2.24. The summed E-state index contributed by atoms with van der Waals surface area (Å²) in [4.78, 5) is 0.529. The van der Waals surface area contributed by atoms with Gasteiger partial charge in [0.05, 0.1) is 12.7 Å². The van der Waals surface area contributed by atoms with Gasteiger partial charge in [-0.15, -0.1) is 0 Å². The monoisotopic (exact) mass is 311 g/mol. The van der Waals surface area contributed by atoms with E-state index >= 15 is 0 Å². The molecule has 0 radical (unpaired) electrons. The van der Waals surface area contributed by atoms with Gasteiger partial charge in [-0.25, -0.2) is 0 Å². The van der Waals surface area contributed by atoms with Gasteiger partial charge < -0.3 is 10.1 Å². The molecule has 0 amide bonds. The molecule has 1 N–H and O–H groups in total. The van der Waals surface area contributed by atoms with Gasteiger partial charge in [-0.3, -0.25) is 0 Å². The Hall–Kier alpha value is -1.29. The van der Waals surface area contributed by atoms with Gasteiger partial charge in [0.15, 0.2) is 0 Å². The number of methoxy groups -OCH3 is 1. The number of nitrogens with one attached hydrogen (secondary N) is 1. The van der Waals surface area contributed by atoms with Crippen molar-refractivity contribution >= 4 is 46.1 Å². The van der Waals surface area contributed by atoms with Crippen LogP contribution >= 0.6 is 35.4 Å². The second kappa shape index (κ2) is 6.24. The smallest absolute Gasteiger partial charge is 0.129 e. The Bertz CT molecular complexity index is 616. The zero-order valence-corrected chi connectivity index (χ0v) is 12.4. The number of thiocarbonyl (C=S) groups is 1. The van der Waals surface area contributed by atoms with Gasteiger partial charge in [0.1, 0.15) is 10.7 Å². The number of hydrogen-bond donors (Lipinski definition) is 1. The van der Waals surface area contributed by atoms with Crippen LogP contribution < -0.4 is 10.1 Å². The molecule has 5 heteroatoms. The van der Waals surface area contributed by atoms with Crippen LogP contribution in [0.4, 0.5) is 5.69 Å². The minimum Gasteiger partial charge on any atom is -0.496 e. The molecular weight excluding hydrogens is 301 g/mol. The van der Waals surface area contributed by atoms with Gasteiger partial charge in [0, 0.05) is 15.7 Å². The lowest BCUT2D eigenvalue weighted by Gasteiger charge is -2.12. The average Bonchev–Trinajstić information content (AvgIpc) is 2.38. The normalized spacial score (nSPS) is 10.1. The molecule has 0 heterocycles. The molecule has 2 rings (SSSR count). The Kier molecular flexibility index (Phi) is 4.64. The van der Waals surface area contributed by atoms with Crippen LogP contribution in [-0.2, 0) is 0 Å². The molecule has 0 fully saturated rings. The molecule has 2 aromatic rings. The first-order valence-corrected chi connectivity index (χ1v) is 6.67. The van der Waals surface area contributed by atoms with Gasteiger partial charge in [-0.2, -0.15) is 0 Å². The molecule has 0 saturated heterocycles. The Balaban J connectivity index is 2.27. The largest absolute Gasteiger partial charge is 0.496 e. The zero-order valence-electron chi connectivity index (χ0n) is 10.1. The van der Waals surface area contributed by atoms with Crippen molar-refractivity contribution in [1.29, 1.82) is 0 Å². The van der Waals surface area contributed by atoms with Crippen LogP contribution in [0.15, 0.2) is 42.5 Å². The SMILES string of the molecule is COc1ccc(Cl)cc1C(=S)Nc1cccc(Cl)c1.